The molecule has 0 amide bonds. The van der Waals surface area contributed by atoms with Crippen LogP contribution >= 0.6 is 11.6 Å². The number of carbonyl (C=O) groups is 1. The van der Waals surface area contributed by atoms with Crippen molar-refractivity contribution < 1.29 is 4.79 Å². The molecule has 0 saturated carbocycles. The van der Waals surface area contributed by atoms with E-state index in [9.17, 15) is 4.79 Å². The van der Waals surface area contributed by atoms with E-state index in [4.69, 9.17) is 11.6 Å². The third kappa shape index (κ3) is 2.74. The Kier molecular flexibility index (Phi) is 3.90. The number of nitrogens with one attached hydrogen (secondary N) is 1. The highest BCUT2D eigenvalue weighted by Gasteiger charge is 2.18. The Labute approximate surface area is 145 Å². The SMILES string of the molecule is O=Cc1c[nH]c2ccc(N3CCN(c4cccc(Cl)c4)CC3)cc12. The normalized spacial score (nSPS) is 15.0. The Bertz CT molecular complexity index is 881. The number of hydrogen-bond acceptors (Lipinski definition) is 3. The van der Waals surface area contributed by atoms with Crippen molar-refractivity contribution in [1.29, 1.82) is 0 Å². The van der Waals surface area contributed by atoms with Crippen molar-refractivity contribution in [2.45, 2.75) is 0 Å². The highest BCUT2D eigenvalue weighted by atomic mass is 35.5. The molecule has 0 aliphatic carbocycles. The molecule has 1 fully saturated rings. The summed E-state index contributed by atoms with van der Waals surface area (Å²) < 4.78 is 0. The summed E-state index contributed by atoms with van der Waals surface area (Å²) in [6.45, 7) is 3.79. The van der Waals surface area contributed by atoms with E-state index in [1.807, 2.05) is 24.3 Å². The van der Waals surface area contributed by atoms with Crippen LogP contribution in [0.4, 0.5) is 11.4 Å². The standard InChI is InChI=1S/C19H18ClN3O/c20-15-2-1-3-16(10-15)22-6-8-23(9-7-22)17-4-5-19-18(11-17)14(13-24)12-21-19/h1-5,10-13,21H,6-9H2. The molecule has 1 aromatic heterocycles. The molecular formula is C19H18ClN3O. The second-order valence-corrected chi connectivity index (χ2v) is 6.48. The monoisotopic (exact) mass is 339 g/mol. The molecule has 1 saturated heterocycles. The molecule has 4 nitrogen and oxygen atoms in total. The molecule has 1 aliphatic rings. The lowest BCUT2D eigenvalue weighted by molar-refractivity contribution is 0.112. The molecule has 0 spiro atoms. The van der Waals surface area contributed by atoms with Gasteiger partial charge in [-0.15, -0.1) is 0 Å². The maximum atomic E-state index is 11.1. The smallest absolute Gasteiger partial charge is 0.152 e. The van der Waals surface area contributed by atoms with Gasteiger partial charge in [0.1, 0.15) is 0 Å². The van der Waals surface area contributed by atoms with E-state index in [1.54, 1.807) is 6.20 Å². The number of piperazine rings is 1. The Morgan fingerprint density at radius 3 is 2.33 bits per heavy atom. The van der Waals surface area contributed by atoms with E-state index in [2.05, 4.69) is 33.0 Å². The number of nitrogens with zero attached hydrogens (tertiary/aromatic N) is 2. The number of hydrogen-bond donors (Lipinski definition) is 1. The molecular weight excluding hydrogens is 322 g/mol. The van der Waals surface area contributed by atoms with Gasteiger partial charge in [0.05, 0.1) is 0 Å². The topological polar surface area (TPSA) is 39.3 Å². The number of rotatable bonds is 3. The van der Waals surface area contributed by atoms with Gasteiger partial charge in [-0.05, 0) is 36.4 Å². The number of anilines is 2. The Morgan fingerprint density at radius 2 is 1.67 bits per heavy atom. The molecule has 0 radical (unpaired) electrons. The molecule has 2 heterocycles. The Morgan fingerprint density at radius 1 is 0.958 bits per heavy atom. The molecule has 5 heteroatoms. The van der Waals surface area contributed by atoms with Crippen LogP contribution in [0.3, 0.4) is 0 Å². The molecule has 1 aliphatic heterocycles. The first-order valence-electron chi connectivity index (χ1n) is 8.06. The zero-order chi connectivity index (χ0) is 16.5. The summed E-state index contributed by atoms with van der Waals surface area (Å²) in [7, 11) is 0. The summed E-state index contributed by atoms with van der Waals surface area (Å²) in [4.78, 5) is 19.0. The van der Waals surface area contributed by atoms with Crippen LogP contribution in [0.5, 0.6) is 0 Å². The highest BCUT2D eigenvalue weighted by Crippen LogP contribution is 2.26. The zero-order valence-corrected chi connectivity index (χ0v) is 14.0. The van der Waals surface area contributed by atoms with Gasteiger partial charge in [-0.3, -0.25) is 4.79 Å². The molecule has 4 rings (SSSR count). The molecule has 0 unspecified atom stereocenters. The van der Waals surface area contributed by atoms with Crippen LogP contribution in [0.15, 0.2) is 48.7 Å². The predicted octanol–water partition coefficient (Wildman–Crippen LogP) is 3.96. The summed E-state index contributed by atoms with van der Waals surface area (Å²) in [6, 6.07) is 14.3. The van der Waals surface area contributed by atoms with Crippen molar-refractivity contribution in [2.24, 2.45) is 0 Å². The van der Waals surface area contributed by atoms with Gasteiger partial charge >= 0.3 is 0 Å². The summed E-state index contributed by atoms with van der Waals surface area (Å²) in [5, 5.41) is 1.76. The zero-order valence-electron chi connectivity index (χ0n) is 13.2. The molecule has 3 aromatic rings. The quantitative estimate of drug-likeness (QED) is 0.734. The number of carbonyl (C=O) groups excluding carboxylic acids is 1. The number of aldehydes is 1. The van der Waals surface area contributed by atoms with Gasteiger partial charge in [-0.2, -0.15) is 0 Å². The molecule has 122 valence electrons. The number of H-pyrrole nitrogens is 1. The van der Waals surface area contributed by atoms with Crippen molar-refractivity contribution >= 4 is 40.2 Å². The van der Waals surface area contributed by atoms with Gasteiger partial charge in [0.25, 0.3) is 0 Å². The fourth-order valence-electron chi connectivity index (χ4n) is 3.32. The van der Waals surface area contributed by atoms with E-state index in [1.165, 1.54) is 5.69 Å². The van der Waals surface area contributed by atoms with Crippen LogP contribution in [0.2, 0.25) is 5.02 Å². The lowest BCUT2D eigenvalue weighted by atomic mass is 10.1. The highest BCUT2D eigenvalue weighted by molar-refractivity contribution is 6.30. The molecule has 0 bridgehead atoms. The van der Waals surface area contributed by atoms with E-state index >= 15 is 0 Å². The average Bonchev–Trinajstić information content (AvgIpc) is 3.04. The minimum atomic E-state index is 0.712. The first kappa shape index (κ1) is 15.1. The van der Waals surface area contributed by atoms with Gasteiger partial charge < -0.3 is 14.8 Å². The second-order valence-electron chi connectivity index (χ2n) is 6.05. The number of aromatic amines is 1. The third-order valence-corrected chi connectivity index (χ3v) is 4.88. The van der Waals surface area contributed by atoms with E-state index in [-0.39, 0.29) is 0 Å². The summed E-state index contributed by atoms with van der Waals surface area (Å²) in [6.07, 6.45) is 2.66. The molecule has 1 N–H and O–H groups in total. The second kappa shape index (κ2) is 6.21. The summed E-state index contributed by atoms with van der Waals surface area (Å²) in [5.41, 5.74) is 4.05. The van der Waals surface area contributed by atoms with Crippen molar-refractivity contribution in [2.75, 3.05) is 36.0 Å². The first-order chi connectivity index (χ1) is 11.7. The Balaban J connectivity index is 1.52. The van der Waals surface area contributed by atoms with Gasteiger partial charge in [-0.1, -0.05) is 17.7 Å². The van der Waals surface area contributed by atoms with Crippen LogP contribution in [0, 0.1) is 0 Å². The van der Waals surface area contributed by atoms with Gasteiger partial charge in [0, 0.05) is 65.2 Å². The lowest BCUT2D eigenvalue weighted by Crippen LogP contribution is -2.46. The van der Waals surface area contributed by atoms with Crippen LogP contribution < -0.4 is 9.80 Å². The first-order valence-corrected chi connectivity index (χ1v) is 8.44. The van der Waals surface area contributed by atoms with Crippen LogP contribution in [0.25, 0.3) is 10.9 Å². The number of benzene rings is 2. The van der Waals surface area contributed by atoms with Crippen molar-refractivity contribution in [3.8, 4) is 0 Å². The van der Waals surface area contributed by atoms with Gasteiger partial charge in [0.15, 0.2) is 6.29 Å². The predicted molar refractivity (Wildman–Crippen MR) is 99.6 cm³/mol. The van der Waals surface area contributed by atoms with Crippen molar-refractivity contribution in [3.63, 3.8) is 0 Å². The van der Waals surface area contributed by atoms with E-state index < -0.39 is 0 Å². The van der Waals surface area contributed by atoms with E-state index in [0.717, 1.165) is 54.1 Å². The molecule has 2 aromatic carbocycles. The average molecular weight is 340 g/mol. The van der Waals surface area contributed by atoms with Crippen LogP contribution in [0.1, 0.15) is 10.4 Å². The molecule has 0 atom stereocenters. The van der Waals surface area contributed by atoms with Gasteiger partial charge in [0.2, 0.25) is 0 Å². The maximum absolute atomic E-state index is 11.1. The minimum Gasteiger partial charge on any atom is -0.368 e. The number of aromatic nitrogens is 1. The summed E-state index contributed by atoms with van der Waals surface area (Å²) >= 11 is 6.09. The number of halogens is 1. The van der Waals surface area contributed by atoms with Crippen LogP contribution in [-0.2, 0) is 0 Å². The van der Waals surface area contributed by atoms with E-state index in [0.29, 0.717) is 5.56 Å². The molecule has 24 heavy (non-hydrogen) atoms. The third-order valence-electron chi connectivity index (χ3n) is 4.64. The van der Waals surface area contributed by atoms with Crippen LogP contribution in [-0.4, -0.2) is 37.4 Å². The van der Waals surface area contributed by atoms with Crippen molar-refractivity contribution in [1.82, 2.24) is 4.98 Å². The fraction of sp³-hybridized carbons (Fsp3) is 0.211. The Hall–Kier alpha value is -2.46. The fourth-order valence-corrected chi connectivity index (χ4v) is 3.50. The summed E-state index contributed by atoms with van der Waals surface area (Å²) in [5.74, 6) is 0. The number of fused-ring (bicyclic) bond motifs is 1. The van der Waals surface area contributed by atoms with Crippen molar-refractivity contribution in [3.05, 3.63) is 59.2 Å². The van der Waals surface area contributed by atoms with Gasteiger partial charge in [-0.25, -0.2) is 0 Å². The lowest BCUT2D eigenvalue weighted by Gasteiger charge is -2.37. The minimum absolute atomic E-state index is 0.712. The largest absolute Gasteiger partial charge is 0.368 e. The maximum Gasteiger partial charge on any atom is 0.152 e.